The summed E-state index contributed by atoms with van der Waals surface area (Å²) in [6, 6.07) is -0.459. The van der Waals surface area contributed by atoms with Gasteiger partial charge in [0.1, 0.15) is 5.54 Å². The van der Waals surface area contributed by atoms with Gasteiger partial charge in [0.25, 0.3) is 5.91 Å². The van der Waals surface area contributed by atoms with Gasteiger partial charge in [-0.15, -0.1) is 0 Å². The molecule has 3 amide bonds. The molecule has 1 atom stereocenters. The lowest BCUT2D eigenvalue weighted by molar-refractivity contribution is -0.125. The highest BCUT2D eigenvalue weighted by Gasteiger charge is 2.47. The second kappa shape index (κ2) is 2.75. The summed E-state index contributed by atoms with van der Waals surface area (Å²) >= 11 is 0. The fourth-order valence-corrected chi connectivity index (χ4v) is 1.29. The third-order valence-electron chi connectivity index (χ3n) is 2.28. The van der Waals surface area contributed by atoms with Crippen LogP contribution in [0.5, 0.6) is 0 Å². The number of carbonyl (C=O) groups is 2. The topological polar surface area (TPSA) is 84.2 Å². The lowest BCUT2D eigenvalue weighted by Crippen LogP contribution is -2.56. The third kappa shape index (κ3) is 1.06. The summed E-state index contributed by atoms with van der Waals surface area (Å²) < 4.78 is 0. The van der Waals surface area contributed by atoms with Gasteiger partial charge in [0.2, 0.25) is 0 Å². The van der Waals surface area contributed by atoms with Gasteiger partial charge in [-0.3, -0.25) is 10.1 Å². The van der Waals surface area contributed by atoms with E-state index >= 15 is 0 Å². The van der Waals surface area contributed by atoms with Crippen LogP contribution in [0.3, 0.4) is 0 Å². The van der Waals surface area contributed by atoms with Crippen molar-refractivity contribution < 1.29 is 9.59 Å². The van der Waals surface area contributed by atoms with Crippen molar-refractivity contribution in [1.82, 2.24) is 10.6 Å². The van der Waals surface area contributed by atoms with E-state index in [1.165, 1.54) is 0 Å². The van der Waals surface area contributed by atoms with E-state index in [1.807, 2.05) is 13.8 Å². The largest absolute Gasteiger partial charge is 0.328 e. The molecular formula is C7H13N3O2. The Morgan fingerprint density at radius 2 is 2.08 bits per heavy atom. The lowest BCUT2D eigenvalue weighted by Gasteiger charge is -2.28. The maximum Gasteiger partial charge on any atom is 0.322 e. The van der Waals surface area contributed by atoms with Gasteiger partial charge in [-0.2, -0.15) is 0 Å². The zero-order valence-corrected chi connectivity index (χ0v) is 7.18. The molecule has 1 rings (SSSR count). The van der Waals surface area contributed by atoms with Gasteiger partial charge in [-0.1, -0.05) is 13.8 Å². The Bertz CT molecular complexity index is 227. The van der Waals surface area contributed by atoms with Crippen LogP contribution < -0.4 is 16.4 Å². The summed E-state index contributed by atoms with van der Waals surface area (Å²) in [5, 5.41) is 4.71. The van der Waals surface area contributed by atoms with Crippen LogP contribution in [0.25, 0.3) is 0 Å². The number of imide groups is 1. The summed E-state index contributed by atoms with van der Waals surface area (Å²) in [6.07, 6.45) is 0. The zero-order valence-electron chi connectivity index (χ0n) is 7.18. The van der Waals surface area contributed by atoms with E-state index in [0.29, 0.717) is 0 Å². The Balaban J connectivity index is 2.94. The van der Waals surface area contributed by atoms with Gasteiger partial charge in [-0.05, 0) is 5.92 Å². The van der Waals surface area contributed by atoms with Crippen LogP contribution in [0.15, 0.2) is 0 Å². The molecule has 0 saturated carbocycles. The van der Waals surface area contributed by atoms with Crippen LogP contribution in [0.2, 0.25) is 0 Å². The quantitative estimate of drug-likeness (QED) is 0.474. The van der Waals surface area contributed by atoms with Gasteiger partial charge >= 0.3 is 6.03 Å². The van der Waals surface area contributed by atoms with Gasteiger partial charge in [0.15, 0.2) is 0 Å². The van der Waals surface area contributed by atoms with Crippen molar-refractivity contribution >= 4 is 11.9 Å². The minimum Gasteiger partial charge on any atom is -0.328 e. The molecule has 5 heteroatoms. The molecule has 1 fully saturated rings. The summed E-state index contributed by atoms with van der Waals surface area (Å²) in [5.41, 5.74) is 4.54. The molecule has 68 valence electrons. The highest BCUT2D eigenvalue weighted by Crippen LogP contribution is 2.19. The van der Waals surface area contributed by atoms with Crippen LogP contribution in [-0.2, 0) is 4.79 Å². The highest BCUT2D eigenvalue weighted by atomic mass is 16.2. The molecule has 0 aromatic carbocycles. The molecule has 0 aliphatic carbocycles. The molecular weight excluding hydrogens is 158 g/mol. The van der Waals surface area contributed by atoms with Crippen molar-refractivity contribution in [2.45, 2.75) is 19.4 Å². The molecule has 0 bridgehead atoms. The summed E-state index contributed by atoms with van der Waals surface area (Å²) in [7, 11) is 0. The number of carbonyl (C=O) groups excluding carboxylic acids is 2. The second-order valence-corrected chi connectivity index (χ2v) is 3.24. The van der Waals surface area contributed by atoms with Gasteiger partial charge < -0.3 is 11.1 Å². The smallest absolute Gasteiger partial charge is 0.322 e. The molecule has 0 radical (unpaired) electrons. The Kier molecular flexibility index (Phi) is 2.06. The predicted octanol–water partition coefficient (Wildman–Crippen LogP) is -0.821. The van der Waals surface area contributed by atoms with E-state index in [2.05, 4.69) is 10.6 Å². The fraction of sp³-hybridized carbons (Fsp3) is 0.714. The van der Waals surface area contributed by atoms with Crippen LogP contribution >= 0.6 is 0 Å². The summed E-state index contributed by atoms with van der Waals surface area (Å²) in [5.74, 6) is -0.334. The second-order valence-electron chi connectivity index (χ2n) is 3.24. The van der Waals surface area contributed by atoms with Gasteiger partial charge in [0, 0.05) is 6.54 Å². The van der Waals surface area contributed by atoms with Crippen molar-refractivity contribution in [2.75, 3.05) is 6.54 Å². The number of hydrogen-bond acceptors (Lipinski definition) is 3. The van der Waals surface area contributed by atoms with Crippen LogP contribution in [0, 0.1) is 5.92 Å². The van der Waals surface area contributed by atoms with Crippen molar-refractivity contribution in [3.05, 3.63) is 0 Å². The van der Waals surface area contributed by atoms with Crippen LogP contribution in [0.4, 0.5) is 4.79 Å². The highest BCUT2D eigenvalue weighted by molar-refractivity contribution is 6.07. The Morgan fingerprint density at radius 3 is 2.25 bits per heavy atom. The summed E-state index contributed by atoms with van der Waals surface area (Å²) in [4.78, 5) is 22.1. The number of hydrogen-bond donors (Lipinski definition) is 3. The molecule has 1 aliphatic heterocycles. The predicted molar refractivity (Wildman–Crippen MR) is 43.3 cm³/mol. The monoisotopic (exact) mass is 171 g/mol. The number of rotatable bonds is 2. The molecule has 1 saturated heterocycles. The van der Waals surface area contributed by atoms with E-state index in [0.717, 1.165) is 0 Å². The zero-order chi connectivity index (χ0) is 9.35. The number of urea groups is 1. The Hall–Kier alpha value is -1.10. The molecule has 12 heavy (non-hydrogen) atoms. The van der Waals surface area contributed by atoms with Gasteiger partial charge in [0.05, 0.1) is 0 Å². The molecule has 1 heterocycles. The van der Waals surface area contributed by atoms with Crippen LogP contribution in [-0.4, -0.2) is 24.0 Å². The number of nitrogens with two attached hydrogens (primary N) is 1. The molecule has 1 aliphatic rings. The van der Waals surface area contributed by atoms with Crippen molar-refractivity contribution in [2.24, 2.45) is 11.7 Å². The molecule has 5 nitrogen and oxygen atoms in total. The molecule has 1 unspecified atom stereocenters. The minimum atomic E-state index is -0.906. The first-order valence-electron chi connectivity index (χ1n) is 3.86. The SMILES string of the molecule is CC(C)C1(CN)NC(=O)NC1=O. The van der Waals surface area contributed by atoms with E-state index in [9.17, 15) is 9.59 Å². The first-order chi connectivity index (χ1) is 5.53. The average molecular weight is 171 g/mol. The van der Waals surface area contributed by atoms with Crippen LogP contribution in [0.1, 0.15) is 13.8 Å². The molecule has 0 aromatic rings. The third-order valence-corrected chi connectivity index (χ3v) is 2.28. The molecule has 0 spiro atoms. The molecule has 0 aromatic heterocycles. The normalized spacial score (nSPS) is 29.0. The fourth-order valence-electron chi connectivity index (χ4n) is 1.29. The van der Waals surface area contributed by atoms with Crippen molar-refractivity contribution in [3.8, 4) is 0 Å². The number of amides is 3. The average Bonchev–Trinajstić information content (AvgIpc) is 2.26. The summed E-state index contributed by atoms with van der Waals surface area (Å²) in [6.45, 7) is 3.82. The van der Waals surface area contributed by atoms with E-state index in [4.69, 9.17) is 5.73 Å². The van der Waals surface area contributed by atoms with E-state index in [-0.39, 0.29) is 18.4 Å². The Morgan fingerprint density at radius 1 is 1.50 bits per heavy atom. The minimum absolute atomic E-state index is 0.00560. The Labute approximate surface area is 70.7 Å². The first kappa shape index (κ1) is 8.99. The van der Waals surface area contributed by atoms with E-state index < -0.39 is 11.6 Å². The number of nitrogens with one attached hydrogen (secondary N) is 2. The maximum absolute atomic E-state index is 11.3. The maximum atomic E-state index is 11.3. The standard InChI is InChI=1S/C7H13N3O2/c1-4(2)7(3-8)5(11)9-6(12)10-7/h4H,3,8H2,1-2H3,(H2,9,10,11,12). The lowest BCUT2D eigenvalue weighted by atomic mass is 9.87. The first-order valence-corrected chi connectivity index (χ1v) is 3.86. The van der Waals surface area contributed by atoms with E-state index in [1.54, 1.807) is 0 Å². The molecule has 4 N–H and O–H groups in total. The van der Waals surface area contributed by atoms with Crippen molar-refractivity contribution in [3.63, 3.8) is 0 Å². The van der Waals surface area contributed by atoms with Gasteiger partial charge in [-0.25, -0.2) is 4.79 Å². The van der Waals surface area contributed by atoms with Crippen molar-refractivity contribution in [1.29, 1.82) is 0 Å².